The number of aromatic hydroxyl groups is 1. The second kappa shape index (κ2) is 8.21. The number of methoxy groups -OCH3 is 1. The summed E-state index contributed by atoms with van der Waals surface area (Å²) >= 11 is 5.85. The fraction of sp³-hybridized carbons (Fsp3) is 0.176. The molecule has 7 heteroatoms. The predicted octanol–water partition coefficient (Wildman–Crippen LogP) is 2.53. The predicted molar refractivity (Wildman–Crippen MR) is 88.2 cm³/mol. The van der Waals surface area contributed by atoms with Crippen LogP contribution in [0.1, 0.15) is 15.9 Å². The topological polar surface area (TPSA) is 84.9 Å². The molecule has 6 nitrogen and oxygen atoms in total. The lowest BCUT2D eigenvalue weighted by atomic mass is 10.2. The largest absolute Gasteiger partial charge is 0.507 e. The van der Waals surface area contributed by atoms with Crippen molar-refractivity contribution in [1.29, 1.82) is 0 Å². The minimum absolute atomic E-state index is 0.0722. The van der Waals surface area contributed by atoms with E-state index in [1.165, 1.54) is 25.3 Å². The number of amides is 1. The molecule has 0 bridgehead atoms. The van der Waals surface area contributed by atoms with Gasteiger partial charge in [-0.25, -0.2) is 4.79 Å². The van der Waals surface area contributed by atoms with Crippen LogP contribution in [0.3, 0.4) is 0 Å². The van der Waals surface area contributed by atoms with Crippen LogP contribution < -0.4 is 10.1 Å². The molecule has 0 aromatic heterocycles. The highest BCUT2D eigenvalue weighted by Crippen LogP contribution is 2.23. The molecule has 0 aliphatic heterocycles. The van der Waals surface area contributed by atoms with E-state index in [2.05, 4.69) is 5.32 Å². The molecule has 2 rings (SSSR count). The van der Waals surface area contributed by atoms with Gasteiger partial charge in [0.05, 0.1) is 7.11 Å². The van der Waals surface area contributed by atoms with Gasteiger partial charge in [0.25, 0.3) is 5.91 Å². The summed E-state index contributed by atoms with van der Waals surface area (Å²) in [7, 11) is 1.44. The number of benzene rings is 2. The van der Waals surface area contributed by atoms with Crippen molar-refractivity contribution >= 4 is 23.5 Å². The number of esters is 1. The molecule has 0 saturated heterocycles. The zero-order chi connectivity index (χ0) is 17.5. The molecular weight excluding hydrogens is 334 g/mol. The highest BCUT2D eigenvalue weighted by atomic mass is 35.5. The molecule has 1 amide bonds. The molecule has 0 spiro atoms. The summed E-state index contributed by atoms with van der Waals surface area (Å²) in [5.74, 6) is -1.14. The Morgan fingerprint density at radius 3 is 2.71 bits per heavy atom. The fourth-order valence-corrected chi connectivity index (χ4v) is 2.13. The second-order valence-electron chi connectivity index (χ2n) is 4.87. The van der Waals surface area contributed by atoms with E-state index < -0.39 is 18.5 Å². The third-order valence-corrected chi connectivity index (χ3v) is 3.37. The SMILES string of the molecule is COc1ccc(O)c(C(=O)OCC(=O)NCc2cccc(Cl)c2)c1. The summed E-state index contributed by atoms with van der Waals surface area (Å²) in [6.45, 7) is -0.197. The Morgan fingerprint density at radius 1 is 1.21 bits per heavy atom. The normalized spacial score (nSPS) is 10.1. The summed E-state index contributed by atoms with van der Waals surface area (Å²) in [6, 6.07) is 11.2. The standard InChI is InChI=1S/C17H16ClNO5/c1-23-13-5-6-15(20)14(8-13)17(22)24-10-16(21)19-9-11-3-2-4-12(18)7-11/h2-8,20H,9-10H2,1H3,(H,19,21). The average molecular weight is 350 g/mol. The van der Waals surface area contributed by atoms with Crippen molar-refractivity contribution in [2.45, 2.75) is 6.54 Å². The number of rotatable bonds is 6. The van der Waals surface area contributed by atoms with Gasteiger partial charge in [-0.15, -0.1) is 0 Å². The Bertz CT molecular complexity index is 748. The van der Waals surface area contributed by atoms with E-state index in [9.17, 15) is 14.7 Å². The fourth-order valence-electron chi connectivity index (χ4n) is 1.91. The van der Waals surface area contributed by atoms with Crippen LogP contribution >= 0.6 is 11.6 Å². The zero-order valence-electron chi connectivity index (χ0n) is 12.9. The van der Waals surface area contributed by atoms with E-state index in [1.807, 2.05) is 6.07 Å². The molecule has 2 aromatic carbocycles. The molecular formula is C17H16ClNO5. The number of halogens is 1. The van der Waals surface area contributed by atoms with E-state index in [0.29, 0.717) is 10.8 Å². The molecule has 0 radical (unpaired) electrons. The van der Waals surface area contributed by atoms with Gasteiger partial charge in [-0.3, -0.25) is 4.79 Å². The van der Waals surface area contributed by atoms with Crippen LogP contribution in [0.15, 0.2) is 42.5 Å². The lowest BCUT2D eigenvalue weighted by Gasteiger charge is -2.09. The van der Waals surface area contributed by atoms with Crippen LogP contribution in [0.5, 0.6) is 11.5 Å². The monoisotopic (exact) mass is 349 g/mol. The van der Waals surface area contributed by atoms with Crippen molar-refractivity contribution in [3.05, 3.63) is 58.6 Å². The number of phenolic OH excluding ortho intramolecular Hbond substituents is 1. The Kier molecular flexibility index (Phi) is 6.03. The van der Waals surface area contributed by atoms with Gasteiger partial charge in [-0.05, 0) is 35.9 Å². The summed E-state index contributed by atoms with van der Waals surface area (Å²) in [5, 5.41) is 12.9. The number of hydrogen-bond acceptors (Lipinski definition) is 5. The van der Waals surface area contributed by atoms with E-state index in [0.717, 1.165) is 5.56 Å². The number of carbonyl (C=O) groups excluding carboxylic acids is 2. The quantitative estimate of drug-likeness (QED) is 0.783. The van der Waals surface area contributed by atoms with Crippen LogP contribution in [0.4, 0.5) is 0 Å². The smallest absolute Gasteiger partial charge is 0.342 e. The molecule has 0 fully saturated rings. The molecule has 126 valence electrons. The third kappa shape index (κ3) is 4.89. The molecule has 0 heterocycles. The maximum Gasteiger partial charge on any atom is 0.342 e. The first kappa shape index (κ1) is 17.6. The van der Waals surface area contributed by atoms with Gasteiger partial charge in [0.2, 0.25) is 0 Å². The highest BCUT2D eigenvalue weighted by molar-refractivity contribution is 6.30. The first-order valence-corrected chi connectivity index (χ1v) is 7.42. The number of nitrogens with one attached hydrogen (secondary N) is 1. The maximum atomic E-state index is 11.9. The minimum Gasteiger partial charge on any atom is -0.507 e. The number of ether oxygens (including phenoxy) is 2. The average Bonchev–Trinajstić information content (AvgIpc) is 2.58. The first-order valence-electron chi connectivity index (χ1n) is 7.05. The molecule has 24 heavy (non-hydrogen) atoms. The summed E-state index contributed by atoms with van der Waals surface area (Å²) < 4.78 is 9.86. The van der Waals surface area contributed by atoms with Gasteiger partial charge in [-0.2, -0.15) is 0 Å². The van der Waals surface area contributed by atoms with Crippen molar-refractivity contribution in [2.24, 2.45) is 0 Å². The van der Waals surface area contributed by atoms with Gasteiger partial charge < -0.3 is 19.9 Å². The molecule has 0 aliphatic rings. The van der Waals surface area contributed by atoms with Gasteiger partial charge in [0.1, 0.15) is 17.1 Å². The molecule has 2 aromatic rings. The van der Waals surface area contributed by atoms with Crippen molar-refractivity contribution in [3.8, 4) is 11.5 Å². The number of carbonyl (C=O) groups is 2. The lowest BCUT2D eigenvalue weighted by molar-refractivity contribution is -0.124. The Hall–Kier alpha value is -2.73. The highest BCUT2D eigenvalue weighted by Gasteiger charge is 2.15. The Labute approximate surface area is 144 Å². The Balaban J connectivity index is 1.86. The van der Waals surface area contributed by atoms with Gasteiger partial charge in [-0.1, -0.05) is 23.7 Å². The summed E-state index contributed by atoms with van der Waals surface area (Å²) in [4.78, 5) is 23.7. The van der Waals surface area contributed by atoms with E-state index in [1.54, 1.807) is 18.2 Å². The van der Waals surface area contributed by atoms with Crippen LogP contribution in [0.25, 0.3) is 0 Å². The Morgan fingerprint density at radius 2 is 2.00 bits per heavy atom. The van der Waals surface area contributed by atoms with Crippen molar-refractivity contribution in [1.82, 2.24) is 5.32 Å². The minimum atomic E-state index is -0.815. The molecule has 0 aliphatic carbocycles. The molecule has 0 atom stereocenters. The van der Waals surface area contributed by atoms with Crippen molar-refractivity contribution in [2.75, 3.05) is 13.7 Å². The van der Waals surface area contributed by atoms with E-state index in [4.69, 9.17) is 21.1 Å². The third-order valence-electron chi connectivity index (χ3n) is 3.14. The van der Waals surface area contributed by atoms with Crippen molar-refractivity contribution in [3.63, 3.8) is 0 Å². The maximum absolute atomic E-state index is 11.9. The van der Waals surface area contributed by atoms with Crippen LogP contribution in [-0.4, -0.2) is 30.7 Å². The first-order chi connectivity index (χ1) is 11.5. The van der Waals surface area contributed by atoms with Gasteiger partial charge in [0.15, 0.2) is 6.61 Å². The molecule has 0 unspecified atom stereocenters. The van der Waals surface area contributed by atoms with E-state index in [-0.39, 0.29) is 17.9 Å². The summed E-state index contributed by atoms with van der Waals surface area (Å²) in [5.41, 5.74) is 0.754. The van der Waals surface area contributed by atoms with Crippen molar-refractivity contribution < 1.29 is 24.2 Å². The molecule has 2 N–H and O–H groups in total. The van der Waals surface area contributed by atoms with Crippen LogP contribution in [0.2, 0.25) is 5.02 Å². The lowest BCUT2D eigenvalue weighted by Crippen LogP contribution is -2.28. The van der Waals surface area contributed by atoms with Crippen LogP contribution in [-0.2, 0) is 16.1 Å². The number of hydrogen-bond donors (Lipinski definition) is 2. The van der Waals surface area contributed by atoms with Crippen LogP contribution in [0, 0.1) is 0 Å². The second-order valence-corrected chi connectivity index (χ2v) is 5.30. The zero-order valence-corrected chi connectivity index (χ0v) is 13.7. The summed E-state index contributed by atoms with van der Waals surface area (Å²) in [6.07, 6.45) is 0. The van der Waals surface area contributed by atoms with Gasteiger partial charge in [0, 0.05) is 11.6 Å². The molecule has 0 saturated carbocycles. The number of phenols is 1. The van der Waals surface area contributed by atoms with E-state index >= 15 is 0 Å². The van der Waals surface area contributed by atoms with Gasteiger partial charge >= 0.3 is 5.97 Å².